The van der Waals surface area contributed by atoms with E-state index in [-0.39, 0.29) is 83.6 Å². The van der Waals surface area contributed by atoms with Gasteiger partial charge in [0.1, 0.15) is 42.5 Å². The first-order valence-electron chi connectivity index (χ1n) is 24.5. The molecule has 1 saturated heterocycles. The minimum Gasteiger partial charge on any atom is -0.610 e. The van der Waals surface area contributed by atoms with E-state index < -0.39 is 82.1 Å². The minimum atomic E-state index is -2.38. The zero-order chi connectivity index (χ0) is 57.2. The Labute approximate surface area is 462 Å². The fraction of sp³-hybridized carbons (Fsp3) is 0.136. The zero-order valence-corrected chi connectivity index (χ0v) is 44.2. The van der Waals surface area contributed by atoms with Crippen molar-refractivity contribution < 1.29 is 62.4 Å². The van der Waals surface area contributed by atoms with Crippen LogP contribution in [0.3, 0.4) is 0 Å². The number of amides is 5. The van der Waals surface area contributed by atoms with Gasteiger partial charge in [0.2, 0.25) is 5.36 Å². The topological polar surface area (TPSA) is 277 Å². The Kier molecular flexibility index (Phi) is 13.9. The van der Waals surface area contributed by atoms with Crippen LogP contribution >= 0.6 is 23.2 Å². The molecule has 19 nitrogen and oxygen atoms in total. The maximum atomic E-state index is 13.9. The number of hydroxylamine groups is 3. The van der Waals surface area contributed by atoms with Crippen LogP contribution in [0.25, 0.3) is 66.8 Å². The van der Waals surface area contributed by atoms with Crippen LogP contribution in [0.2, 0.25) is 10.0 Å². The van der Waals surface area contributed by atoms with Crippen LogP contribution in [0.5, 0.6) is 5.75 Å². The number of quaternary nitrogens is 1. The number of hydrogen-bond acceptors (Lipinski definition) is 13. The third-order valence-electron chi connectivity index (χ3n) is 14.0. The normalized spacial score (nSPS) is 13.0. The molecule has 10 rings (SSSR count). The molecule has 0 radical (unpaired) electrons. The van der Waals surface area contributed by atoms with E-state index in [0.29, 0.717) is 33.4 Å². The molecule has 1 fully saturated rings. The van der Waals surface area contributed by atoms with E-state index in [4.69, 9.17) is 32.0 Å². The first-order valence-corrected chi connectivity index (χ1v) is 25.2. The summed E-state index contributed by atoms with van der Waals surface area (Å²) < 4.78 is 12.1. The number of carbonyl (C=O) groups is 7. The molecule has 3 aliphatic heterocycles. The summed E-state index contributed by atoms with van der Waals surface area (Å²) in [5.41, 5.74) is 1.06. The third kappa shape index (κ3) is 9.36. The van der Waals surface area contributed by atoms with Crippen molar-refractivity contribution in [3.63, 3.8) is 0 Å². The van der Waals surface area contributed by atoms with E-state index in [2.05, 4.69) is 10.6 Å². The molecule has 5 amide bonds. The van der Waals surface area contributed by atoms with E-state index in [9.17, 15) is 58.9 Å². The number of aromatic carboxylic acids is 2. The third-order valence-corrected chi connectivity index (χ3v) is 14.7. The lowest BCUT2D eigenvalue weighted by Gasteiger charge is -2.29. The largest absolute Gasteiger partial charge is 0.610 e. The maximum absolute atomic E-state index is 13.9. The van der Waals surface area contributed by atoms with E-state index >= 15 is 0 Å². The highest BCUT2D eigenvalue weighted by atomic mass is 35.5. The molecule has 402 valence electrons. The van der Waals surface area contributed by atoms with Crippen molar-refractivity contribution in [1.29, 1.82) is 0 Å². The number of phenols is 1. The predicted molar refractivity (Wildman–Crippen MR) is 296 cm³/mol. The summed E-state index contributed by atoms with van der Waals surface area (Å²) in [6.45, 7) is -0.491. The van der Waals surface area contributed by atoms with E-state index in [0.717, 1.165) is 35.3 Å². The van der Waals surface area contributed by atoms with Gasteiger partial charge in [-0.3, -0.25) is 14.4 Å². The van der Waals surface area contributed by atoms with Gasteiger partial charge < -0.3 is 44.9 Å². The molecule has 80 heavy (non-hydrogen) atoms. The van der Waals surface area contributed by atoms with Gasteiger partial charge in [-0.15, -0.1) is 0 Å². The monoisotopic (exact) mass is 1120 g/mol. The highest BCUT2D eigenvalue weighted by Gasteiger charge is 2.49. The van der Waals surface area contributed by atoms with Gasteiger partial charge in [0.15, 0.2) is 5.43 Å². The number of fused-ring (bicyclic) bond motifs is 4. The zero-order valence-electron chi connectivity index (χ0n) is 42.7. The summed E-state index contributed by atoms with van der Waals surface area (Å²) in [6.07, 6.45) is -0.889. The minimum absolute atomic E-state index is 0.00732. The van der Waals surface area contributed by atoms with Crippen molar-refractivity contribution in [3.8, 4) is 50.7 Å². The fourth-order valence-corrected chi connectivity index (χ4v) is 10.5. The van der Waals surface area contributed by atoms with Crippen molar-refractivity contribution in [3.05, 3.63) is 185 Å². The number of carbonyl (C=O) groups excluding carboxylic acids is 5. The Balaban J connectivity index is 0.916. The van der Waals surface area contributed by atoms with E-state index in [1.807, 2.05) is 61.9 Å². The Bertz CT molecular complexity index is 4260. The molecule has 3 heterocycles. The Morgan fingerprint density at radius 1 is 0.662 bits per heavy atom. The Morgan fingerprint density at radius 2 is 1.31 bits per heavy atom. The van der Waals surface area contributed by atoms with Crippen molar-refractivity contribution in [2.45, 2.75) is 25.9 Å². The number of hydrogen-bond donors (Lipinski definition) is 5. The summed E-state index contributed by atoms with van der Waals surface area (Å²) in [5.74, 6) is -8.02. The number of likely N-dealkylation sites (tertiary alicyclic amines) is 1. The SMILES string of the molecule is CN(C)c1ccc2c(-c3c(Cl)cc(C(=O)NCc4ccc(C(=O)NCc5c(O)ccc6c(-c7cc(C(=O)[N+]8([O-])C(=O)CCC8=O)ccc7C(=O)O)c7ccc(=O)cc-7oc56)cc4)c(Cl)c3C(=O)O)c3ccc(=[N+](C)C)cc-3oc2c1. The number of carboxylic acids is 2. The predicted octanol–water partition coefficient (Wildman–Crippen LogP) is 8.75. The Morgan fingerprint density at radius 3 is 1.99 bits per heavy atom. The molecule has 5 aliphatic rings. The van der Waals surface area contributed by atoms with Gasteiger partial charge in [-0.1, -0.05) is 35.3 Å². The van der Waals surface area contributed by atoms with Gasteiger partial charge in [0.05, 0.1) is 63.3 Å². The molecule has 0 saturated carbocycles. The number of phenolic OH excluding ortho intramolecular Hbond substituents is 1. The molecular formula is C59H44Cl2N5O14+. The lowest BCUT2D eigenvalue weighted by atomic mass is 9.88. The van der Waals surface area contributed by atoms with E-state index in [1.54, 1.807) is 24.3 Å². The van der Waals surface area contributed by atoms with Gasteiger partial charge in [0.25, 0.3) is 11.8 Å². The fourth-order valence-electron chi connectivity index (χ4n) is 9.84. The van der Waals surface area contributed by atoms with Gasteiger partial charge in [-0.25, -0.2) is 28.5 Å². The lowest BCUT2D eigenvalue weighted by Crippen LogP contribution is -2.51. The molecular weight excluding hydrogens is 1070 g/mol. The summed E-state index contributed by atoms with van der Waals surface area (Å²) in [5, 5.41) is 52.3. The highest BCUT2D eigenvalue weighted by molar-refractivity contribution is 6.41. The van der Waals surface area contributed by atoms with Gasteiger partial charge in [0, 0.05) is 88.7 Å². The van der Waals surface area contributed by atoms with Gasteiger partial charge in [-0.2, -0.15) is 4.65 Å². The van der Waals surface area contributed by atoms with E-state index in [1.165, 1.54) is 42.5 Å². The number of nitrogens with one attached hydrogen (secondary N) is 2. The maximum Gasteiger partial charge on any atom is 0.360 e. The summed E-state index contributed by atoms with van der Waals surface area (Å²) in [6, 6.07) is 27.8. The summed E-state index contributed by atoms with van der Waals surface area (Å²) in [4.78, 5) is 107. The first kappa shape index (κ1) is 53.9. The number of anilines is 1. The molecule has 0 unspecified atom stereocenters. The smallest absolute Gasteiger partial charge is 0.360 e. The molecule has 0 aromatic heterocycles. The number of halogens is 2. The summed E-state index contributed by atoms with van der Waals surface area (Å²) >= 11 is 13.9. The van der Waals surface area contributed by atoms with Crippen LogP contribution in [0.1, 0.15) is 75.8 Å². The van der Waals surface area contributed by atoms with Crippen molar-refractivity contribution >= 4 is 92.3 Å². The molecule has 21 heteroatoms. The second-order valence-corrected chi connectivity index (χ2v) is 20.1. The van der Waals surface area contributed by atoms with Crippen molar-refractivity contribution in [2.75, 3.05) is 33.1 Å². The molecule has 0 bridgehead atoms. The molecule has 5 aromatic carbocycles. The van der Waals surface area contributed by atoms with Gasteiger partial charge in [-0.05, 0) is 90.0 Å². The average molecular weight is 1120 g/mol. The number of imide groups is 3. The van der Waals surface area contributed by atoms with Crippen LogP contribution in [-0.4, -0.2) is 89.6 Å². The molecule has 5 aromatic rings. The molecule has 2 aliphatic carbocycles. The average Bonchev–Trinajstić information content (AvgIpc) is 3.79. The second-order valence-electron chi connectivity index (χ2n) is 19.3. The summed E-state index contributed by atoms with van der Waals surface area (Å²) in [7, 11) is 7.50. The van der Waals surface area contributed by atoms with Crippen molar-refractivity contribution in [2.24, 2.45) is 0 Å². The second kappa shape index (κ2) is 20.7. The first-order chi connectivity index (χ1) is 38.1. The Hall–Kier alpha value is -9.53. The highest BCUT2D eigenvalue weighted by Crippen LogP contribution is 2.48. The standard InChI is InChI=1S/C59H43Cl2N5O14/c1-64(2)31-10-14-36-44(22-31)79-45-23-32(65(3)4)11-15-37(45)50(36)51-42(60)25-40(53(61)52(51)59(76)77)56(72)62-26-28-5-7-29(8-6-28)55(71)63-27-41-43(68)18-17-38-49(35-16-12-33(67)24-46(35)80-54(38)41)39-21-30(9-13-34(39)58(74)75)57(73)66(78)47(69)19-20-48(66)70/h5-18,21-25H,19-20,26-27H2,1-4H3,(H4-,62,63,67,68,71,72,74,75,76,77)/p+1. The van der Waals surface area contributed by atoms with Crippen LogP contribution in [0.15, 0.2) is 129 Å². The van der Waals surface area contributed by atoms with Crippen LogP contribution in [0.4, 0.5) is 5.69 Å². The molecule has 0 atom stereocenters. The number of carboxylic acid groups (broad SMARTS) is 2. The lowest BCUT2D eigenvalue weighted by molar-refractivity contribution is -0.631. The quantitative estimate of drug-likeness (QED) is 0.0251. The molecule has 5 N–H and O–H groups in total. The number of nitrogens with zero attached hydrogens (tertiary/aromatic N) is 3. The number of benzene rings is 7. The van der Waals surface area contributed by atoms with Gasteiger partial charge >= 0.3 is 29.7 Å². The number of aromatic hydroxyl groups is 1. The van der Waals surface area contributed by atoms with Crippen LogP contribution in [0, 0.1) is 5.21 Å². The van der Waals surface area contributed by atoms with Crippen molar-refractivity contribution in [1.82, 2.24) is 15.2 Å². The molecule has 0 spiro atoms. The number of rotatable bonds is 12. The van der Waals surface area contributed by atoms with Crippen LogP contribution in [-0.2, 0) is 22.7 Å². The van der Waals surface area contributed by atoms with Crippen LogP contribution < -0.4 is 30.9 Å².